The third-order valence-corrected chi connectivity index (χ3v) is 4.44. The second-order valence-electron chi connectivity index (χ2n) is 4.33. The third-order valence-electron chi connectivity index (χ3n) is 2.99. The number of amides is 1. The minimum Gasteiger partial charge on any atom is -0.397 e. The van der Waals surface area contributed by atoms with Gasteiger partial charge in [-0.2, -0.15) is 0 Å². The number of nitrogen functional groups attached to an aromatic ring is 1. The highest BCUT2D eigenvalue weighted by Crippen LogP contribution is 2.28. The molecule has 3 nitrogen and oxygen atoms in total. The zero-order valence-corrected chi connectivity index (χ0v) is 12.8. The van der Waals surface area contributed by atoms with Crippen molar-refractivity contribution >= 4 is 54.6 Å². The van der Waals surface area contributed by atoms with Gasteiger partial charge in [0.25, 0.3) is 5.91 Å². The van der Waals surface area contributed by atoms with E-state index in [1.165, 1.54) is 0 Å². The fourth-order valence-electron chi connectivity index (χ4n) is 1.99. The summed E-state index contributed by atoms with van der Waals surface area (Å²) in [4.78, 5) is 12.4. The van der Waals surface area contributed by atoms with Crippen molar-refractivity contribution < 1.29 is 4.79 Å². The highest BCUT2D eigenvalue weighted by atomic mass is 79.9. The standard InChI is InChI=1S/C15H11BrN2OS/c16-9-5-6-13(12(17)7-9)18-15(19)11-8-20-14-4-2-1-3-10(11)14/h1-8H,17H2,(H,18,19). The van der Waals surface area contributed by atoms with Crippen molar-refractivity contribution in [3.8, 4) is 0 Å². The van der Waals surface area contributed by atoms with Gasteiger partial charge >= 0.3 is 0 Å². The Balaban J connectivity index is 1.93. The molecular weight excluding hydrogens is 336 g/mol. The summed E-state index contributed by atoms with van der Waals surface area (Å²) in [6.45, 7) is 0. The topological polar surface area (TPSA) is 55.1 Å². The van der Waals surface area contributed by atoms with Gasteiger partial charge < -0.3 is 11.1 Å². The summed E-state index contributed by atoms with van der Waals surface area (Å²) in [5.74, 6) is -0.142. The third kappa shape index (κ3) is 2.42. The number of anilines is 2. The van der Waals surface area contributed by atoms with Crippen LogP contribution in [0.2, 0.25) is 0 Å². The fourth-order valence-corrected chi connectivity index (χ4v) is 3.31. The normalized spacial score (nSPS) is 10.7. The highest BCUT2D eigenvalue weighted by molar-refractivity contribution is 9.10. The smallest absolute Gasteiger partial charge is 0.257 e. The van der Waals surface area contributed by atoms with Gasteiger partial charge in [-0.05, 0) is 24.3 Å². The lowest BCUT2D eigenvalue weighted by atomic mass is 10.1. The monoisotopic (exact) mass is 346 g/mol. The second kappa shape index (κ2) is 5.26. The molecule has 1 amide bonds. The lowest BCUT2D eigenvalue weighted by Crippen LogP contribution is -2.12. The van der Waals surface area contributed by atoms with Gasteiger partial charge in [-0.15, -0.1) is 11.3 Å². The van der Waals surface area contributed by atoms with Crippen molar-refractivity contribution in [1.29, 1.82) is 0 Å². The molecule has 20 heavy (non-hydrogen) atoms. The van der Waals surface area contributed by atoms with Crippen LogP contribution >= 0.6 is 27.3 Å². The molecule has 0 spiro atoms. The largest absolute Gasteiger partial charge is 0.397 e. The van der Waals surface area contributed by atoms with E-state index in [1.54, 1.807) is 23.5 Å². The number of fused-ring (bicyclic) bond motifs is 1. The molecule has 0 aliphatic rings. The molecule has 5 heteroatoms. The molecule has 0 radical (unpaired) electrons. The minimum absolute atomic E-state index is 0.142. The summed E-state index contributed by atoms with van der Waals surface area (Å²) in [6.07, 6.45) is 0. The number of carbonyl (C=O) groups excluding carboxylic acids is 1. The molecule has 0 fully saturated rings. The number of nitrogens with two attached hydrogens (primary N) is 1. The number of halogens is 1. The van der Waals surface area contributed by atoms with E-state index < -0.39 is 0 Å². The van der Waals surface area contributed by atoms with Gasteiger partial charge in [-0.25, -0.2) is 0 Å². The summed E-state index contributed by atoms with van der Waals surface area (Å²) in [7, 11) is 0. The predicted octanol–water partition coefficient (Wildman–Crippen LogP) is 4.50. The van der Waals surface area contributed by atoms with Crippen molar-refractivity contribution in [2.45, 2.75) is 0 Å². The first-order valence-electron chi connectivity index (χ1n) is 5.98. The van der Waals surface area contributed by atoms with Gasteiger partial charge in [-0.3, -0.25) is 4.79 Å². The Morgan fingerprint density at radius 3 is 2.80 bits per heavy atom. The first-order chi connectivity index (χ1) is 9.65. The molecule has 3 rings (SSSR count). The molecule has 0 aliphatic heterocycles. The van der Waals surface area contributed by atoms with E-state index in [0.29, 0.717) is 16.9 Å². The lowest BCUT2D eigenvalue weighted by Gasteiger charge is -2.08. The zero-order chi connectivity index (χ0) is 14.1. The maximum Gasteiger partial charge on any atom is 0.257 e. The van der Waals surface area contributed by atoms with Crippen LogP contribution in [-0.4, -0.2) is 5.91 Å². The molecule has 0 bridgehead atoms. The van der Waals surface area contributed by atoms with Gasteiger partial charge in [0, 0.05) is 19.9 Å². The molecule has 100 valence electrons. The van der Waals surface area contributed by atoms with Crippen LogP contribution in [-0.2, 0) is 0 Å². The Bertz CT molecular complexity index is 797. The quantitative estimate of drug-likeness (QED) is 0.671. The summed E-state index contributed by atoms with van der Waals surface area (Å²) < 4.78 is 1.98. The molecule has 3 aromatic rings. The van der Waals surface area contributed by atoms with E-state index >= 15 is 0 Å². The zero-order valence-electron chi connectivity index (χ0n) is 10.4. The van der Waals surface area contributed by atoms with E-state index in [9.17, 15) is 4.79 Å². The SMILES string of the molecule is Nc1cc(Br)ccc1NC(=O)c1csc2ccccc12. The van der Waals surface area contributed by atoms with Crippen LogP contribution in [0, 0.1) is 0 Å². The molecule has 1 heterocycles. The van der Waals surface area contributed by atoms with Crippen molar-refractivity contribution in [3.63, 3.8) is 0 Å². The molecule has 0 unspecified atom stereocenters. The van der Waals surface area contributed by atoms with Crippen molar-refractivity contribution in [2.75, 3.05) is 11.1 Å². The number of hydrogen-bond donors (Lipinski definition) is 2. The van der Waals surface area contributed by atoms with Crippen molar-refractivity contribution in [2.24, 2.45) is 0 Å². The maximum atomic E-state index is 12.4. The van der Waals surface area contributed by atoms with Crippen molar-refractivity contribution in [1.82, 2.24) is 0 Å². The molecule has 3 N–H and O–H groups in total. The van der Waals surface area contributed by atoms with Gasteiger partial charge in [0.15, 0.2) is 0 Å². The summed E-state index contributed by atoms with van der Waals surface area (Å²) in [5.41, 5.74) is 7.72. The first-order valence-corrected chi connectivity index (χ1v) is 7.65. The lowest BCUT2D eigenvalue weighted by molar-refractivity contribution is 0.102. The summed E-state index contributed by atoms with van der Waals surface area (Å²) >= 11 is 4.90. The van der Waals surface area contributed by atoms with Gasteiger partial charge in [0.1, 0.15) is 0 Å². The average molecular weight is 347 g/mol. The number of nitrogens with one attached hydrogen (secondary N) is 1. The number of rotatable bonds is 2. The highest BCUT2D eigenvalue weighted by Gasteiger charge is 2.13. The molecule has 0 saturated carbocycles. The van der Waals surface area contributed by atoms with Crippen LogP contribution < -0.4 is 11.1 Å². The molecule has 1 aromatic heterocycles. The van der Waals surface area contributed by atoms with E-state index in [1.807, 2.05) is 35.7 Å². The summed E-state index contributed by atoms with van der Waals surface area (Å²) in [6, 6.07) is 13.2. The Morgan fingerprint density at radius 1 is 1.20 bits per heavy atom. The van der Waals surface area contributed by atoms with Crippen molar-refractivity contribution in [3.05, 3.63) is 57.9 Å². The predicted molar refractivity (Wildman–Crippen MR) is 88.3 cm³/mol. The van der Waals surface area contributed by atoms with E-state index in [0.717, 1.165) is 14.6 Å². The van der Waals surface area contributed by atoms with Crippen LogP contribution in [0.1, 0.15) is 10.4 Å². The number of hydrogen-bond acceptors (Lipinski definition) is 3. The number of carbonyl (C=O) groups is 1. The van der Waals surface area contributed by atoms with Gasteiger partial charge in [0.2, 0.25) is 0 Å². The maximum absolute atomic E-state index is 12.4. The number of benzene rings is 2. The second-order valence-corrected chi connectivity index (χ2v) is 6.16. The van der Waals surface area contributed by atoms with Gasteiger partial charge in [-0.1, -0.05) is 34.1 Å². The van der Waals surface area contributed by atoms with E-state index in [-0.39, 0.29) is 5.91 Å². The first kappa shape index (κ1) is 13.1. The van der Waals surface area contributed by atoms with E-state index in [2.05, 4.69) is 21.2 Å². The van der Waals surface area contributed by atoms with Crippen LogP contribution in [0.25, 0.3) is 10.1 Å². The Kier molecular flexibility index (Phi) is 3.46. The average Bonchev–Trinajstić information content (AvgIpc) is 2.86. The number of thiophene rings is 1. The van der Waals surface area contributed by atoms with Crippen LogP contribution in [0.5, 0.6) is 0 Å². The molecular formula is C15H11BrN2OS. The Morgan fingerprint density at radius 2 is 2.00 bits per heavy atom. The molecule has 0 saturated heterocycles. The minimum atomic E-state index is -0.142. The van der Waals surface area contributed by atoms with Gasteiger partial charge in [0.05, 0.1) is 16.9 Å². The molecule has 0 atom stereocenters. The molecule has 0 aliphatic carbocycles. The van der Waals surface area contributed by atoms with Crippen LogP contribution in [0.4, 0.5) is 11.4 Å². The summed E-state index contributed by atoms with van der Waals surface area (Å²) in [5, 5.41) is 5.69. The Labute approximate surface area is 128 Å². The fraction of sp³-hybridized carbons (Fsp3) is 0. The van der Waals surface area contributed by atoms with E-state index in [4.69, 9.17) is 5.73 Å². The van der Waals surface area contributed by atoms with Crippen LogP contribution in [0.15, 0.2) is 52.3 Å². The van der Waals surface area contributed by atoms with Crippen LogP contribution in [0.3, 0.4) is 0 Å². The molecule has 2 aromatic carbocycles. The Hall–Kier alpha value is -1.85.